The zero-order chi connectivity index (χ0) is 13.7. The molecule has 1 aromatic carbocycles. The van der Waals surface area contributed by atoms with Crippen molar-refractivity contribution in [1.82, 2.24) is 5.32 Å². The van der Waals surface area contributed by atoms with Crippen LogP contribution >= 0.6 is 11.3 Å². The number of carbonyl (C=O) groups excluding carboxylic acids is 2. The molecule has 0 saturated heterocycles. The number of ether oxygens (including phenoxy) is 1. The van der Waals surface area contributed by atoms with E-state index in [0.29, 0.717) is 16.2 Å². The molecule has 98 valence electrons. The molecule has 2 rings (SSSR count). The van der Waals surface area contributed by atoms with Gasteiger partial charge in [0, 0.05) is 5.56 Å². The Morgan fingerprint density at radius 3 is 2.63 bits per heavy atom. The highest BCUT2D eigenvalue weighted by Crippen LogP contribution is 2.23. The van der Waals surface area contributed by atoms with Crippen molar-refractivity contribution in [2.45, 2.75) is 0 Å². The van der Waals surface area contributed by atoms with E-state index in [4.69, 9.17) is 4.74 Å². The fraction of sp³-hybridized carbons (Fsp3) is 0.143. The van der Waals surface area contributed by atoms with Crippen molar-refractivity contribution in [1.29, 1.82) is 0 Å². The van der Waals surface area contributed by atoms with Crippen LogP contribution in [0.1, 0.15) is 20.0 Å². The van der Waals surface area contributed by atoms with Crippen LogP contribution in [0.2, 0.25) is 0 Å². The first kappa shape index (κ1) is 13.3. The van der Waals surface area contributed by atoms with Gasteiger partial charge in [-0.2, -0.15) is 0 Å². The number of carbonyl (C=O) groups is 2. The van der Waals surface area contributed by atoms with E-state index in [1.165, 1.54) is 18.4 Å². The number of rotatable bonds is 5. The lowest BCUT2D eigenvalue weighted by Gasteiger charge is -2.05. The Hall–Kier alpha value is -2.14. The monoisotopic (exact) mass is 275 g/mol. The molecule has 2 aromatic rings. The molecule has 4 nitrogen and oxygen atoms in total. The molecule has 1 heterocycles. The second kappa shape index (κ2) is 6.15. The van der Waals surface area contributed by atoms with E-state index in [0.717, 1.165) is 0 Å². The number of benzene rings is 1. The zero-order valence-electron chi connectivity index (χ0n) is 10.4. The number of hydrogen-bond donors (Lipinski definition) is 1. The fourth-order valence-electron chi connectivity index (χ4n) is 1.59. The molecule has 19 heavy (non-hydrogen) atoms. The van der Waals surface area contributed by atoms with Crippen LogP contribution in [0.3, 0.4) is 0 Å². The highest BCUT2D eigenvalue weighted by atomic mass is 32.1. The standard InChI is InChI=1S/C14H13NO3S/c1-18-12-7-8-19-13(12)14(17)15-9-11(16)10-5-3-2-4-6-10/h2-8H,9H2,1H3,(H,15,17). The van der Waals surface area contributed by atoms with Crippen molar-refractivity contribution in [2.24, 2.45) is 0 Å². The Morgan fingerprint density at radius 1 is 1.21 bits per heavy atom. The van der Waals surface area contributed by atoms with Crippen LogP contribution in [0.4, 0.5) is 0 Å². The summed E-state index contributed by atoms with van der Waals surface area (Å²) in [6.45, 7) is -0.0239. The topological polar surface area (TPSA) is 55.4 Å². The van der Waals surface area contributed by atoms with E-state index in [1.807, 2.05) is 6.07 Å². The first-order valence-electron chi connectivity index (χ1n) is 5.70. The van der Waals surface area contributed by atoms with Gasteiger partial charge in [0.1, 0.15) is 10.6 Å². The van der Waals surface area contributed by atoms with Crippen LogP contribution in [-0.2, 0) is 0 Å². The van der Waals surface area contributed by atoms with Crippen LogP contribution in [0.15, 0.2) is 41.8 Å². The second-order valence-electron chi connectivity index (χ2n) is 3.79. The van der Waals surface area contributed by atoms with Gasteiger partial charge >= 0.3 is 0 Å². The Morgan fingerprint density at radius 2 is 1.95 bits per heavy atom. The van der Waals surface area contributed by atoms with Crippen molar-refractivity contribution in [2.75, 3.05) is 13.7 Å². The fourth-order valence-corrected chi connectivity index (χ4v) is 2.37. The maximum atomic E-state index is 11.9. The Balaban J connectivity index is 1.96. The Kier molecular flexibility index (Phi) is 4.30. The molecule has 0 spiro atoms. The summed E-state index contributed by atoms with van der Waals surface area (Å²) < 4.78 is 5.06. The molecule has 0 fully saturated rings. The van der Waals surface area contributed by atoms with Crippen molar-refractivity contribution in [3.05, 3.63) is 52.2 Å². The number of ketones is 1. The summed E-state index contributed by atoms with van der Waals surface area (Å²) in [6, 6.07) is 10.6. The van der Waals surface area contributed by atoms with E-state index in [1.54, 1.807) is 35.7 Å². The molecular weight excluding hydrogens is 262 g/mol. The third-order valence-electron chi connectivity index (χ3n) is 2.56. The van der Waals surface area contributed by atoms with Gasteiger partial charge in [0.15, 0.2) is 5.78 Å². The Bertz CT molecular complexity index is 577. The molecule has 1 N–H and O–H groups in total. The van der Waals surface area contributed by atoms with Gasteiger partial charge < -0.3 is 10.1 Å². The lowest BCUT2D eigenvalue weighted by molar-refractivity contribution is 0.0905. The molecule has 0 aliphatic rings. The predicted molar refractivity (Wildman–Crippen MR) is 74.0 cm³/mol. The molecule has 0 radical (unpaired) electrons. The number of methoxy groups -OCH3 is 1. The number of thiophene rings is 1. The summed E-state index contributed by atoms with van der Waals surface area (Å²) in [5.74, 6) is 0.107. The molecule has 0 atom stereocenters. The molecule has 1 aromatic heterocycles. The third-order valence-corrected chi connectivity index (χ3v) is 3.45. The number of hydrogen-bond acceptors (Lipinski definition) is 4. The predicted octanol–water partition coefficient (Wildman–Crippen LogP) is 2.37. The van der Waals surface area contributed by atoms with Gasteiger partial charge in [0.2, 0.25) is 0 Å². The van der Waals surface area contributed by atoms with E-state index >= 15 is 0 Å². The lowest BCUT2D eigenvalue weighted by Crippen LogP contribution is -2.29. The molecule has 0 aliphatic carbocycles. The minimum Gasteiger partial charge on any atom is -0.495 e. The van der Waals surface area contributed by atoms with Crippen molar-refractivity contribution < 1.29 is 14.3 Å². The van der Waals surface area contributed by atoms with E-state index in [9.17, 15) is 9.59 Å². The van der Waals surface area contributed by atoms with Crippen LogP contribution in [0, 0.1) is 0 Å². The molecule has 5 heteroatoms. The van der Waals surface area contributed by atoms with Gasteiger partial charge in [-0.1, -0.05) is 30.3 Å². The van der Waals surface area contributed by atoms with Gasteiger partial charge in [0.05, 0.1) is 13.7 Å². The highest BCUT2D eigenvalue weighted by Gasteiger charge is 2.15. The smallest absolute Gasteiger partial charge is 0.265 e. The molecule has 0 saturated carbocycles. The largest absolute Gasteiger partial charge is 0.495 e. The average molecular weight is 275 g/mol. The highest BCUT2D eigenvalue weighted by molar-refractivity contribution is 7.12. The molecule has 1 amide bonds. The van der Waals surface area contributed by atoms with Crippen LogP contribution in [-0.4, -0.2) is 25.3 Å². The summed E-state index contributed by atoms with van der Waals surface area (Å²) >= 11 is 1.28. The zero-order valence-corrected chi connectivity index (χ0v) is 11.2. The van der Waals surface area contributed by atoms with Gasteiger partial charge in [-0.3, -0.25) is 9.59 Å². The van der Waals surface area contributed by atoms with Crippen molar-refractivity contribution >= 4 is 23.0 Å². The minimum atomic E-state index is -0.295. The van der Waals surface area contributed by atoms with Crippen LogP contribution < -0.4 is 10.1 Å². The van der Waals surface area contributed by atoms with Gasteiger partial charge in [0.25, 0.3) is 5.91 Å². The molecule has 0 aliphatic heterocycles. The van der Waals surface area contributed by atoms with E-state index in [-0.39, 0.29) is 18.2 Å². The summed E-state index contributed by atoms with van der Waals surface area (Å²) in [6.07, 6.45) is 0. The van der Waals surface area contributed by atoms with Gasteiger partial charge in [-0.05, 0) is 11.4 Å². The molecule has 0 unspecified atom stereocenters. The minimum absolute atomic E-state index is 0.0239. The second-order valence-corrected chi connectivity index (χ2v) is 4.71. The molecule has 0 bridgehead atoms. The summed E-state index contributed by atoms with van der Waals surface area (Å²) in [4.78, 5) is 24.2. The summed E-state index contributed by atoms with van der Waals surface area (Å²) in [7, 11) is 1.51. The number of Topliss-reactive ketones (excluding diaryl/α,β-unsaturated/α-hetero) is 1. The van der Waals surface area contributed by atoms with Gasteiger partial charge in [-0.25, -0.2) is 0 Å². The normalized spacial score (nSPS) is 9.95. The third kappa shape index (κ3) is 3.20. The SMILES string of the molecule is COc1ccsc1C(=O)NCC(=O)c1ccccc1. The quantitative estimate of drug-likeness (QED) is 0.852. The number of amides is 1. The van der Waals surface area contributed by atoms with Gasteiger partial charge in [-0.15, -0.1) is 11.3 Å². The lowest BCUT2D eigenvalue weighted by atomic mass is 10.1. The number of nitrogens with one attached hydrogen (secondary N) is 1. The maximum Gasteiger partial charge on any atom is 0.265 e. The molecular formula is C14H13NO3S. The average Bonchev–Trinajstić information content (AvgIpc) is 2.93. The van der Waals surface area contributed by atoms with Crippen molar-refractivity contribution in [3.63, 3.8) is 0 Å². The summed E-state index contributed by atoms with van der Waals surface area (Å²) in [5.41, 5.74) is 0.584. The first-order chi connectivity index (χ1) is 9.22. The summed E-state index contributed by atoms with van der Waals surface area (Å²) in [5, 5.41) is 4.37. The van der Waals surface area contributed by atoms with Crippen LogP contribution in [0.5, 0.6) is 5.75 Å². The van der Waals surface area contributed by atoms with Crippen LogP contribution in [0.25, 0.3) is 0 Å². The first-order valence-corrected chi connectivity index (χ1v) is 6.58. The van der Waals surface area contributed by atoms with Crippen molar-refractivity contribution in [3.8, 4) is 5.75 Å². The Labute approximate surface area is 115 Å². The maximum absolute atomic E-state index is 11.9. The van der Waals surface area contributed by atoms with E-state index < -0.39 is 0 Å². The van der Waals surface area contributed by atoms with E-state index in [2.05, 4.69) is 5.32 Å².